The lowest BCUT2D eigenvalue weighted by molar-refractivity contribution is -0.134. The van der Waals surface area contributed by atoms with Crippen LogP contribution in [0.2, 0.25) is 0 Å². The van der Waals surface area contributed by atoms with Gasteiger partial charge in [-0.25, -0.2) is 8.42 Å². The van der Waals surface area contributed by atoms with Crippen molar-refractivity contribution >= 4 is 15.7 Å². The Labute approximate surface area is 130 Å². The lowest BCUT2D eigenvalue weighted by atomic mass is 10.0. The van der Waals surface area contributed by atoms with Gasteiger partial charge in [0.25, 0.3) is 0 Å². The second-order valence-electron chi connectivity index (χ2n) is 5.41. The maximum absolute atomic E-state index is 12.4. The highest BCUT2D eigenvalue weighted by molar-refractivity contribution is 7.90. The van der Waals surface area contributed by atoms with Crippen molar-refractivity contribution in [3.05, 3.63) is 29.8 Å². The fourth-order valence-electron chi connectivity index (χ4n) is 2.59. The Morgan fingerprint density at radius 3 is 2.82 bits per heavy atom. The first-order valence-corrected chi connectivity index (χ1v) is 9.28. The topological polar surface area (TPSA) is 83.9 Å². The summed E-state index contributed by atoms with van der Waals surface area (Å²) in [7, 11) is -3.07. The zero-order valence-electron chi connectivity index (χ0n) is 12.6. The molecule has 0 aromatic heterocycles. The number of fused-ring (bicyclic) bond motifs is 1. The molecule has 0 fully saturated rings. The molecule has 22 heavy (non-hydrogen) atoms. The number of nitrogens with zero attached hydrogens (tertiary/aromatic N) is 1. The molecule has 1 aliphatic heterocycles. The Bertz CT molecular complexity index is 629. The third kappa shape index (κ3) is 4.20. The smallest absolute Gasteiger partial charge is 0.223 e. The van der Waals surface area contributed by atoms with Crippen LogP contribution in [0.1, 0.15) is 24.4 Å². The summed E-state index contributed by atoms with van der Waals surface area (Å²) < 4.78 is 27.9. The molecule has 0 aliphatic carbocycles. The number of aliphatic hydroxyl groups excluding tert-OH is 1. The number of carbonyl (C=O) groups is 1. The van der Waals surface area contributed by atoms with Crippen LogP contribution >= 0.6 is 0 Å². The molecule has 0 unspecified atom stereocenters. The molecule has 0 saturated carbocycles. The van der Waals surface area contributed by atoms with Crippen LogP contribution in [0, 0.1) is 0 Å². The molecule has 1 heterocycles. The van der Waals surface area contributed by atoms with E-state index in [2.05, 4.69) is 0 Å². The molecule has 0 spiro atoms. The number of aliphatic hydroxyl groups is 1. The molecular formula is C15H21NO5S. The Morgan fingerprint density at radius 2 is 2.14 bits per heavy atom. The summed E-state index contributed by atoms with van der Waals surface area (Å²) in [5, 5.41) is 9.69. The summed E-state index contributed by atoms with van der Waals surface area (Å²) in [6, 6.07) is 6.87. The van der Waals surface area contributed by atoms with E-state index in [0.717, 1.165) is 11.8 Å². The first-order chi connectivity index (χ1) is 10.4. The number of sulfone groups is 1. The number of rotatable bonds is 5. The fraction of sp³-hybridized carbons (Fsp3) is 0.533. The molecule has 0 radical (unpaired) electrons. The third-order valence-electron chi connectivity index (χ3n) is 3.64. The van der Waals surface area contributed by atoms with Crippen LogP contribution in [0.3, 0.4) is 0 Å². The summed E-state index contributed by atoms with van der Waals surface area (Å²) in [5.74, 6) is 0.500. The van der Waals surface area contributed by atoms with E-state index in [1.807, 2.05) is 24.3 Å². The van der Waals surface area contributed by atoms with Gasteiger partial charge < -0.3 is 14.7 Å². The SMILES string of the molecule is CS(=O)(=O)CCCC(=O)N1CCOc2ccccc2[C@@H]1CO. The quantitative estimate of drug-likeness (QED) is 0.863. The van der Waals surface area contributed by atoms with Gasteiger partial charge in [0.1, 0.15) is 22.2 Å². The van der Waals surface area contributed by atoms with Gasteiger partial charge in [0.2, 0.25) is 5.91 Å². The van der Waals surface area contributed by atoms with E-state index in [4.69, 9.17) is 4.74 Å². The second-order valence-corrected chi connectivity index (χ2v) is 7.66. The Balaban J connectivity index is 2.11. The van der Waals surface area contributed by atoms with Gasteiger partial charge in [-0.2, -0.15) is 0 Å². The van der Waals surface area contributed by atoms with Gasteiger partial charge in [-0.1, -0.05) is 18.2 Å². The molecule has 122 valence electrons. The molecule has 1 atom stereocenters. The van der Waals surface area contributed by atoms with E-state index < -0.39 is 15.9 Å². The van der Waals surface area contributed by atoms with E-state index in [9.17, 15) is 18.3 Å². The Morgan fingerprint density at radius 1 is 1.41 bits per heavy atom. The van der Waals surface area contributed by atoms with Crippen LogP contribution in [0.5, 0.6) is 5.75 Å². The van der Waals surface area contributed by atoms with Crippen molar-refractivity contribution in [2.24, 2.45) is 0 Å². The summed E-state index contributed by atoms with van der Waals surface area (Å²) in [4.78, 5) is 14.0. The van der Waals surface area contributed by atoms with Gasteiger partial charge in [0.15, 0.2) is 0 Å². The minimum atomic E-state index is -3.07. The summed E-state index contributed by atoms with van der Waals surface area (Å²) >= 11 is 0. The second kappa shape index (κ2) is 7.11. The highest BCUT2D eigenvalue weighted by atomic mass is 32.2. The van der Waals surface area contributed by atoms with Crippen LogP contribution in [-0.4, -0.2) is 56.1 Å². The molecule has 7 heteroatoms. The maximum Gasteiger partial charge on any atom is 0.223 e. The average Bonchev–Trinajstić information content (AvgIpc) is 2.64. The van der Waals surface area contributed by atoms with Crippen molar-refractivity contribution in [3.8, 4) is 5.75 Å². The minimum Gasteiger partial charge on any atom is -0.491 e. The summed E-state index contributed by atoms with van der Waals surface area (Å²) in [6.45, 7) is 0.529. The van der Waals surface area contributed by atoms with Crippen LogP contribution in [0.4, 0.5) is 0 Å². The van der Waals surface area contributed by atoms with Crippen LogP contribution in [0.25, 0.3) is 0 Å². The molecule has 1 N–H and O–H groups in total. The van der Waals surface area contributed by atoms with Crippen molar-refractivity contribution in [2.75, 3.05) is 31.8 Å². The Hall–Kier alpha value is -1.60. The van der Waals surface area contributed by atoms with Crippen molar-refractivity contribution in [3.63, 3.8) is 0 Å². The molecule has 0 saturated heterocycles. The van der Waals surface area contributed by atoms with E-state index in [1.165, 1.54) is 0 Å². The fourth-order valence-corrected chi connectivity index (χ4v) is 3.26. The van der Waals surface area contributed by atoms with Gasteiger partial charge in [0.05, 0.1) is 24.9 Å². The standard InChI is InChI=1S/C15H21NO5S/c1-22(19,20)10-4-7-15(18)16-8-9-21-14-6-3-2-5-12(14)13(16)11-17/h2-3,5-6,13,17H,4,7-11H2,1H3/t13-/m0/s1. The van der Waals surface area contributed by atoms with Gasteiger partial charge in [-0.05, 0) is 12.5 Å². The average molecular weight is 327 g/mol. The van der Waals surface area contributed by atoms with E-state index in [-0.39, 0.29) is 31.1 Å². The summed E-state index contributed by atoms with van der Waals surface area (Å²) in [5.41, 5.74) is 0.777. The van der Waals surface area contributed by atoms with Gasteiger partial charge in [-0.3, -0.25) is 4.79 Å². The molecule has 1 aromatic carbocycles. The minimum absolute atomic E-state index is 0.0105. The number of benzene rings is 1. The zero-order valence-corrected chi connectivity index (χ0v) is 13.4. The lowest BCUT2D eigenvalue weighted by Gasteiger charge is -2.28. The predicted octanol–water partition coefficient (Wildman–Crippen LogP) is 0.766. The molecule has 0 bridgehead atoms. The number of carbonyl (C=O) groups excluding carboxylic acids is 1. The van der Waals surface area contributed by atoms with Gasteiger partial charge in [-0.15, -0.1) is 0 Å². The number of amides is 1. The highest BCUT2D eigenvalue weighted by Gasteiger charge is 2.29. The van der Waals surface area contributed by atoms with Crippen LogP contribution < -0.4 is 4.74 Å². The molecule has 1 aromatic rings. The van der Waals surface area contributed by atoms with E-state index in [1.54, 1.807) is 4.90 Å². The van der Waals surface area contributed by atoms with E-state index >= 15 is 0 Å². The predicted molar refractivity (Wildman–Crippen MR) is 82.4 cm³/mol. The number of ether oxygens (including phenoxy) is 1. The zero-order chi connectivity index (χ0) is 16.2. The first-order valence-electron chi connectivity index (χ1n) is 7.22. The first kappa shape index (κ1) is 16.8. The number of hydrogen-bond donors (Lipinski definition) is 1. The van der Waals surface area contributed by atoms with E-state index in [0.29, 0.717) is 18.9 Å². The van der Waals surface area contributed by atoms with Crippen LogP contribution in [-0.2, 0) is 14.6 Å². The van der Waals surface area contributed by atoms with Crippen molar-refractivity contribution in [1.29, 1.82) is 0 Å². The summed E-state index contributed by atoms with van der Waals surface area (Å²) in [6.07, 6.45) is 1.59. The highest BCUT2D eigenvalue weighted by Crippen LogP contribution is 2.31. The van der Waals surface area contributed by atoms with Crippen molar-refractivity contribution in [2.45, 2.75) is 18.9 Å². The maximum atomic E-state index is 12.4. The van der Waals surface area contributed by atoms with Gasteiger partial charge in [0, 0.05) is 18.2 Å². The monoisotopic (exact) mass is 327 g/mol. The molecular weight excluding hydrogens is 306 g/mol. The lowest BCUT2D eigenvalue weighted by Crippen LogP contribution is -2.38. The van der Waals surface area contributed by atoms with Crippen molar-refractivity contribution in [1.82, 2.24) is 4.90 Å². The largest absolute Gasteiger partial charge is 0.491 e. The van der Waals surface area contributed by atoms with Gasteiger partial charge >= 0.3 is 0 Å². The van der Waals surface area contributed by atoms with Crippen LogP contribution in [0.15, 0.2) is 24.3 Å². The molecule has 1 amide bonds. The molecule has 2 rings (SSSR count). The molecule has 6 nitrogen and oxygen atoms in total. The molecule has 1 aliphatic rings. The Kier molecular flexibility index (Phi) is 5.42. The number of hydrogen-bond acceptors (Lipinski definition) is 5. The van der Waals surface area contributed by atoms with Crippen molar-refractivity contribution < 1.29 is 23.1 Å². The third-order valence-corrected chi connectivity index (χ3v) is 4.67. The normalized spacial score (nSPS) is 18.3. The number of para-hydroxylation sites is 1.